The third-order valence-corrected chi connectivity index (χ3v) is 4.49. The third-order valence-electron chi connectivity index (χ3n) is 4.49. The van der Waals surface area contributed by atoms with E-state index in [4.69, 9.17) is 5.26 Å². The van der Waals surface area contributed by atoms with E-state index in [2.05, 4.69) is 72.8 Å². The molecular weight excluding hydrogens is 459 g/mol. The molecule has 8 heteroatoms. The normalized spacial score (nSPS) is 13.0. The van der Waals surface area contributed by atoms with E-state index in [0.717, 1.165) is 11.1 Å². The quantitative estimate of drug-likeness (QED) is 0.213. The summed E-state index contributed by atoms with van der Waals surface area (Å²) in [6, 6.07) is 37.4. The van der Waals surface area contributed by atoms with E-state index in [9.17, 15) is 25.2 Å². The first-order chi connectivity index (χ1) is 15.3. The van der Waals surface area contributed by atoms with Crippen molar-refractivity contribution >= 4 is 7.81 Å². The fraction of sp³-hybridized carbons (Fsp3) is 0. The average Bonchev–Trinajstić information content (AvgIpc) is 2.78. The van der Waals surface area contributed by atoms with Crippen LogP contribution in [0.25, 0.3) is 33.4 Å². The molecule has 0 heterocycles. The second kappa shape index (κ2) is 8.38. The molecule has 4 rings (SSSR count). The minimum absolute atomic E-state index is 0.677. The molecule has 33 heavy (non-hydrogen) atoms. The van der Waals surface area contributed by atoms with Crippen molar-refractivity contribution in [3.8, 4) is 39.4 Å². The van der Waals surface area contributed by atoms with Crippen molar-refractivity contribution in [2.24, 2.45) is 0 Å². The van der Waals surface area contributed by atoms with Crippen LogP contribution in [0.5, 0.6) is 0 Å². The Labute approximate surface area is 186 Å². The molecule has 0 atom stereocenters. The summed E-state index contributed by atoms with van der Waals surface area (Å²) in [4.78, 5) is 0. The predicted molar refractivity (Wildman–Crippen MR) is 121 cm³/mol. The second-order valence-electron chi connectivity index (χ2n) is 7.18. The smallest absolute Gasteiger partial charge is 0.0991 e. The Bertz CT molecular complexity index is 1210. The average molecular weight is 476 g/mol. The Balaban J connectivity index is 0.000000383. The number of rotatable bonds is 3. The number of benzene rings is 4. The van der Waals surface area contributed by atoms with Gasteiger partial charge in [-0.1, -0.05) is 72.8 Å². The molecule has 1 nitrogen and oxygen atoms in total. The molecule has 0 radical (unpaired) electrons. The second-order valence-corrected chi connectivity index (χ2v) is 9.10. The molecule has 0 spiro atoms. The van der Waals surface area contributed by atoms with Crippen LogP contribution >= 0.6 is 7.81 Å². The molecule has 0 bridgehead atoms. The largest absolute Gasteiger partial charge is 0.192 e. The van der Waals surface area contributed by atoms with Crippen LogP contribution in [0.2, 0.25) is 0 Å². The van der Waals surface area contributed by atoms with E-state index in [1.807, 2.05) is 36.4 Å². The van der Waals surface area contributed by atoms with Gasteiger partial charge in [0, 0.05) is 0 Å². The molecule has 4 aromatic rings. The van der Waals surface area contributed by atoms with Crippen LogP contribution in [0, 0.1) is 11.3 Å². The minimum Gasteiger partial charge on any atom is -0.192 e. The van der Waals surface area contributed by atoms with Gasteiger partial charge in [-0.15, -0.1) is 0 Å². The van der Waals surface area contributed by atoms with E-state index in [-0.39, 0.29) is 0 Å². The summed E-state index contributed by atoms with van der Waals surface area (Å²) >= 11 is 0. The zero-order valence-corrected chi connectivity index (χ0v) is 17.9. The van der Waals surface area contributed by atoms with Crippen molar-refractivity contribution in [3.05, 3.63) is 109 Å². The van der Waals surface area contributed by atoms with E-state index < -0.39 is 7.81 Å². The van der Waals surface area contributed by atoms with E-state index in [0.29, 0.717) is 5.56 Å². The number of hydrogen-bond acceptors (Lipinski definition) is 1. The molecule has 4 aromatic carbocycles. The van der Waals surface area contributed by atoms with Crippen molar-refractivity contribution in [3.63, 3.8) is 0 Å². The van der Waals surface area contributed by atoms with Crippen LogP contribution in [-0.4, -0.2) is 0 Å². The van der Waals surface area contributed by atoms with Gasteiger partial charge >= 0.3 is 33.0 Å². The van der Waals surface area contributed by atoms with Gasteiger partial charge in [0.05, 0.1) is 11.6 Å². The molecule has 0 saturated carbocycles. The van der Waals surface area contributed by atoms with Crippen LogP contribution in [0.3, 0.4) is 0 Å². The molecule has 0 aromatic heterocycles. The van der Waals surface area contributed by atoms with Gasteiger partial charge in [0.25, 0.3) is 0 Å². The Hall–Kier alpha value is -3.62. The first kappa shape index (κ1) is 24.0. The van der Waals surface area contributed by atoms with Crippen molar-refractivity contribution in [2.45, 2.75) is 0 Å². The zero-order chi connectivity index (χ0) is 24.2. The summed E-state index contributed by atoms with van der Waals surface area (Å²) in [5.41, 5.74) is 7.70. The number of nitrogens with zero attached hydrogens (tertiary/aromatic N) is 1. The predicted octanol–water partition coefficient (Wildman–Crippen LogP) is 9.94. The fourth-order valence-electron chi connectivity index (χ4n) is 3.13. The number of hydrogen-bond donors (Lipinski definition) is 0. The van der Waals surface area contributed by atoms with Crippen LogP contribution in [-0.2, 0) is 0 Å². The summed E-state index contributed by atoms with van der Waals surface area (Å²) in [6.07, 6.45) is 0. The van der Waals surface area contributed by atoms with Crippen LogP contribution in [0.1, 0.15) is 5.56 Å². The van der Waals surface area contributed by atoms with Gasteiger partial charge in [0.15, 0.2) is 0 Å². The van der Waals surface area contributed by atoms with Gasteiger partial charge in [-0.05, 0) is 63.7 Å². The molecule has 170 valence electrons. The first-order valence-electron chi connectivity index (χ1n) is 9.61. The van der Waals surface area contributed by atoms with Crippen molar-refractivity contribution in [1.29, 1.82) is 5.26 Å². The Morgan fingerprint density at radius 2 is 0.758 bits per heavy atom. The number of halogens is 6. The standard InChI is InChI=1S/C25H17N.F6P/c26-18-19-11-13-22(14-12-19)25-16-23(20-7-3-1-4-8-20)15-24(17-25)21-9-5-2-6-10-21;1-7(2,3,4,5)6/h1-17H;/q;-1. The van der Waals surface area contributed by atoms with Gasteiger partial charge in [0.1, 0.15) is 0 Å². The third kappa shape index (κ3) is 8.44. The number of nitriles is 1. The summed E-state index contributed by atoms with van der Waals surface area (Å²) in [5, 5.41) is 9.03. The first-order valence-corrected chi connectivity index (χ1v) is 11.6. The monoisotopic (exact) mass is 476 g/mol. The maximum Gasteiger partial charge on any atom is 0.0991 e. The van der Waals surface area contributed by atoms with Gasteiger partial charge < -0.3 is 0 Å². The van der Waals surface area contributed by atoms with E-state index in [1.54, 1.807) is 0 Å². The SMILES string of the molecule is F[P-](F)(F)(F)(F)F.N#Cc1ccc(-c2cc(-c3ccccc3)cc(-c3ccccc3)c2)cc1. The summed E-state index contributed by atoms with van der Waals surface area (Å²) in [5.74, 6) is 0. The van der Waals surface area contributed by atoms with Crippen LogP contribution in [0.4, 0.5) is 25.2 Å². The van der Waals surface area contributed by atoms with Crippen LogP contribution < -0.4 is 0 Å². The molecule has 0 fully saturated rings. The molecule has 0 unspecified atom stereocenters. The Kier molecular flexibility index (Phi) is 6.10. The fourth-order valence-corrected chi connectivity index (χ4v) is 3.13. The maximum absolute atomic E-state index is 10.7. The van der Waals surface area contributed by atoms with Crippen molar-refractivity contribution in [2.75, 3.05) is 0 Å². The van der Waals surface area contributed by atoms with Gasteiger partial charge in [-0.2, -0.15) is 5.26 Å². The Morgan fingerprint density at radius 3 is 1.06 bits per heavy atom. The summed E-state index contributed by atoms with van der Waals surface area (Å²) in [6.45, 7) is 0. The van der Waals surface area contributed by atoms with Crippen LogP contribution in [0.15, 0.2) is 103 Å². The Morgan fingerprint density at radius 1 is 0.455 bits per heavy atom. The van der Waals surface area contributed by atoms with E-state index >= 15 is 0 Å². The maximum atomic E-state index is 9.87. The summed E-state index contributed by atoms with van der Waals surface area (Å²) in [7, 11) is -10.7. The van der Waals surface area contributed by atoms with Gasteiger partial charge in [0.2, 0.25) is 0 Å². The van der Waals surface area contributed by atoms with Gasteiger partial charge in [-0.3, -0.25) is 0 Å². The van der Waals surface area contributed by atoms with Crippen molar-refractivity contribution < 1.29 is 25.2 Å². The molecular formula is C25H17F6NP-. The van der Waals surface area contributed by atoms with E-state index in [1.165, 1.54) is 22.3 Å². The van der Waals surface area contributed by atoms with Crippen molar-refractivity contribution in [1.82, 2.24) is 0 Å². The summed E-state index contributed by atoms with van der Waals surface area (Å²) < 4.78 is 59.2. The minimum atomic E-state index is -10.7. The molecule has 0 aliphatic carbocycles. The molecule has 0 N–H and O–H groups in total. The molecule has 0 saturated heterocycles. The topological polar surface area (TPSA) is 23.8 Å². The van der Waals surface area contributed by atoms with Gasteiger partial charge in [-0.25, -0.2) is 0 Å². The molecule has 0 amide bonds. The zero-order valence-electron chi connectivity index (χ0n) is 17.0. The molecule has 0 aliphatic rings. The molecule has 0 aliphatic heterocycles.